The zero-order valence-corrected chi connectivity index (χ0v) is 13.2. The number of nitrogens with zero attached hydrogens (tertiary/aromatic N) is 1. The van der Waals surface area contributed by atoms with Crippen LogP contribution in [0.2, 0.25) is 0 Å². The van der Waals surface area contributed by atoms with Crippen LogP contribution < -0.4 is 5.32 Å². The van der Waals surface area contributed by atoms with Gasteiger partial charge in [0.15, 0.2) is 10.8 Å². The van der Waals surface area contributed by atoms with Crippen molar-refractivity contribution in [3.8, 4) is 0 Å². The van der Waals surface area contributed by atoms with Crippen molar-refractivity contribution in [3.63, 3.8) is 0 Å². The fourth-order valence-electron chi connectivity index (χ4n) is 2.35. The molecule has 0 radical (unpaired) electrons. The Kier molecular flexibility index (Phi) is 4.20. The summed E-state index contributed by atoms with van der Waals surface area (Å²) in [6.07, 6.45) is 2.24. The van der Waals surface area contributed by atoms with Gasteiger partial charge in [-0.1, -0.05) is 6.07 Å². The molecule has 0 spiro atoms. The van der Waals surface area contributed by atoms with E-state index in [1.165, 1.54) is 13.0 Å². The van der Waals surface area contributed by atoms with Gasteiger partial charge < -0.3 is 10.3 Å². The molecule has 0 saturated heterocycles. The SMILES string of the molecule is CC(=O)c1nc(C(=O)NCCc2c[nH]c3cccc(F)c23)cs1. The predicted octanol–water partition coefficient (Wildman–Crippen LogP) is 2.94. The smallest absolute Gasteiger partial charge is 0.270 e. The van der Waals surface area contributed by atoms with Gasteiger partial charge in [-0.25, -0.2) is 9.37 Å². The van der Waals surface area contributed by atoms with E-state index in [9.17, 15) is 14.0 Å². The summed E-state index contributed by atoms with van der Waals surface area (Å²) >= 11 is 1.14. The molecular formula is C16H14FN3O2S. The standard InChI is InChI=1S/C16H14FN3O2S/c1-9(21)16-20-13(8-23-16)15(22)18-6-5-10-7-19-12-4-2-3-11(17)14(10)12/h2-4,7-8,19H,5-6H2,1H3,(H,18,22). The lowest BCUT2D eigenvalue weighted by molar-refractivity contribution is 0.0950. The first kappa shape index (κ1) is 15.4. The van der Waals surface area contributed by atoms with E-state index in [-0.39, 0.29) is 23.2 Å². The lowest BCUT2D eigenvalue weighted by atomic mass is 10.1. The van der Waals surface area contributed by atoms with Crippen LogP contribution in [0.25, 0.3) is 10.9 Å². The summed E-state index contributed by atoms with van der Waals surface area (Å²) in [5.41, 5.74) is 1.77. The highest BCUT2D eigenvalue weighted by molar-refractivity contribution is 7.11. The predicted molar refractivity (Wildman–Crippen MR) is 86.4 cm³/mol. The Morgan fingerprint density at radius 3 is 2.96 bits per heavy atom. The summed E-state index contributed by atoms with van der Waals surface area (Å²) in [5, 5.41) is 5.15. The number of thiazole rings is 1. The summed E-state index contributed by atoms with van der Waals surface area (Å²) in [6.45, 7) is 1.76. The Morgan fingerprint density at radius 1 is 1.39 bits per heavy atom. The van der Waals surface area contributed by atoms with Crippen molar-refractivity contribution in [2.75, 3.05) is 6.54 Å². The third-order valence-corrected chi connectivity index (χ3v) is 4.40. The molecule has 2 heterocycles. The maximum absolute atomic E-state index is 13.9. The summed E-state index contributed by atoms with van der Waals surface area (Å²) in [4.78, 5) is 30.2. The van der Waals surface area contributed by atoms with E-state index in [0.717, 1.165) is 22.4 Å². The van der Waals surface area contributed by atoms with Crippen molar-refractivity contribution in [2.24, 2.45) is 0 Å². The molecule has 3 aromatic rings. The maximum Gasteiger partial charge on any atom is 0.270 e. The molecule has 1 aromatic carbocycles. The molecule has 2 N–H and O–H groups in total. The normalized spacial score (nSPS) is 10.9. The van der Waals surface area contributed by atoms with Crippen LogP contribution in [0.1, 0.15) is 32.8 Å². The minimum Gasteiger partial charge on any atom is -0.361 e. The zero-order valence-electron chi connectivity index (χ0n) is 12.4. The van der Waals surface area contributed by atoms with E-state index in [0.29, 0.717) is 23.4 Å². The molecule has 0 unspecified atom stereocenters. The second-order valence-corrected chi connectivity index (χ2v) is 5.93. The highest BCUT2D eigenvalue weighted by Gasteiger charge is 2.13. The van der Waals surface area contributed by atoms with Crippen LogP contribution in [0.3, 0.4) is 0 Å². The number of aromatic nitrogens is 2. The molecule has 1 amide bonds. The number of carbonyl (C=O) groups excluding carboxylic acids is 2. The number of carbonyl (C=O) groups is 2. The minimum absolute atomic E-state index is 0.164. The number of aromatic amines is 1. The van der Waals surface area contributed by atoms with E-state index in [1.807, 2.05) is 0 Å². The quantitative estimate of drug-likeness (QED) is 0.706. The topological polar surface area (TPSA) is 74.8 Å². The highest BCUT2D eigenvalue weighted by atomic mass is 32.1. The van der Waals surface area contributed by atoms with Crippen molar-refractivity contribution in [3.05, 3.63) is 51.9 Å². The maximum atomic E-state index is 13.9. The number of amides is 1. The molecule has 0 aliphatic carbocycles. The number of H-pyrrole nitrogens is 1. The van der Waals surface area contributed by atoms with Crippen LogP contribution in [-0.4, -0.2) is 28.2 Å². The third-order valence-electron chi connectivity index (χ3n) is 3.45. The number of hydrogen-bond donors (Lipinski definition) is 2. The van der Waals surface area contributed by atoms with Gasteiger partial charge in [-0.3, -0.25) is 9.59 Å². The first-order chi connectivity index (χ1) is 11.1. The molecule has 0 bridgehead atoms. The zero-order chi connectivity index (χ0) is 16.4. The van der Waals surface area contributed by atoms with Crippen molar-refractivity contribution < 1.29 is 14.0 Å². The van der Waals surface area contributed by atoms with Crippen molar-refractivity contribution >= 4 is 33.9 Å². The van der Waals surface area contributed by atoms with Gasteiger partial charge in [-0.15, -0.1) is 11.3 Å². The van der Waals surface area contributed by atoms with E-state index in [4.69, 9.17) is 0 Å². The molecule has 0 aliphatic heterocycles. The molecule has 0 fully saturated rings. The first-order valence-electron chi connectivity index (χ1n) is 7.05. The van der Waals surface area contributed by atoms with Gasteiger partial charge in [0.1, 0.15) is 11.5 Å². The van der Waals surface area contributed by atoms with Crippen LogP contribution in [0, 0.1) is 5.82 Å². The highest BCUT2D eigenvalue weighted by Crippen LogP contribution is 2.21. The van der Waals surface area contributed by atoms with Crippen molar-refractivity contribution in [2.45, 2.75) is 13.3 Å². The number of fused-ring (bicyclic) bond motifs is 1. The first-order valence-corrected chi connectivity index (χ1v) is 7.93. The fraction of sp³-hybridized carbons (Fsp3) is 0.188. The molecule has 0 atom stereocenters. The number of nitrogens with one attached hydrogen (secondary N) is 2. The summed E-state index contributed by atoms with van der Waals surface area (Å²) < 4.78 is 13.9. The second kappa shape index (κ2) is 6.29. The lowest BCUT2D eigenvalue weighted by Crippen LogP contribution is -2.26. The van der Waals surface area contributed by atoms with Gasteiger partial charge in [-0.2, -0.15) is 0 Å². The van der Waals surface area contributed by atoms with E-state index >= 15 is 0 Å². The molecule has 0 saturated carbocycles. The number of hydrogen-bond acceptors (Lipinski definition) is 4. The van der Waals surface area contributed by atoms with E-state index in [2.05, 4.69) is 15.3 Å². The number of ketones is 1. The molecule has 2 aromatic heterocycles. The van der Waals surface area contributed by atoms with Gasteiger partial charge in [0.2, 0.25) is 0 Å². The summed E-state index contributed by atoms with van der Waals surface area (Å²) in [7, 11) is 0. The number of halogens is 1. The molecule has 7 heteroatoms. The summed E-state index contributed by atoms with van der Waals surface area (Å²) in [5.74, 6) is -0.784. The monoisotopic (exact) mass is 331 g/mol. The number of Topliss-reactive ketones (excluding diaryl/α,β-unsaturated/α-hetero) is 1. The van der Waals surface area contributed by atoms with Crippen LogP contribution in [0.15, 0.2) is 29.8 Å². The summed E-state index contributed by atoms with van der Waals surface area (Å²) in [6, 6.07) is 4.87. The fourth-order valence-corrected chi connectivity index (χ4v) is 3.05. The largest absolute Gasteiger partial charge is 0.361 e. The van der Waals surface area contributed by atoms with Crippen LogP contribution in [0.5, 0.6) is 0 Å². The molecule has 3 rings (SSSR count). The van der Waals surface area contributed by atoms with Crippen molar-refractivity contribution in [1.29, 1.82) is 0 Å². The van der Waals surface area contributed by atoms with Gasteiger partial charge in [0.05, 0.1) is 0 Å². The average Bonchev–Trinajstić information content (AvgIpc) is 3.15. The number of rotatable bonds is 5. The molecule has 0 aliphatic rings. The van der Waals surface area contributed by atoms with Gasteiger partial charge >= 0.3 is 0 Å². The third kappa shape index (κ3) is 3.14. The Bertz CT molecular complexity index is 884. The Hall–Kier alpha value is -2.54. The lowest BCUT2D eigenvalue weighted by Gasteiger charge is -2.03. The van der Waals surface area contributed by atoms with Crippen molar-refractivity contribution in [1.82, 2.24) is 15.3 Å². The van der Waals surface area contributed by atoms with Gasteiger partial charge in [0.25, 0.3) is 5.91 Å². The van der Waals surface area contributed by atoms with Gasteiger partial charge in [-0.05, 0) is 24.1 Å². The average molecular weight is 331 g/mol. The van der Waals surface area contributed by atoms with Crippen LogP contribution in [-0.2, 0) is 6.42 Å². The molecule has 118 valence electrons. The Morgan fingerprint density at radius 2 is 2.22 bits per heavy atom. The van der Waals surface area contributed by atoms with E-state index in [1.54, 1.807) is 23.7 Å². The van der Waals surface area contributed by atoms with Crippen LogP contribution in [0.4, 0.5) is 4.39 Å². The number of benzene rings is 1. The Balaban J connectivity index is 1.64. The molecule has 5 nitrogen and oxygen atoms in total. The Labute approximate surface area is 135 Å². The van der Waals surface area contributed by atoms with E-state index < -0.39 is 0 Å². The minimum atomic E-state index is -0.339. The van der Waals surface area contributed by atoms with Crippen LogP contribution >= 0.6 is 11.3 Å². The van der Waals surface area contributed by atoms with Gasteiger partial charge in [0, 0.05) is 35.9 Å². The molecular weight excluding hydrogens is 317 g/mol. The molecule has 23 heavy (non-hydrogen) atoms. The second-order valence-electron chi connectivity index (χ2n) is 5.08.